The minimum Gasteiger partial charge on any atom is -0.360 e. The summed E-state index contributed by atoms with van der Waals surface area (Å²) < 4.78 is 0. The van der Waals surface area contributed by atoms with Crippen LogP contribution in [-0.4, -0.2) is 10.7 Å². The predicted molar refractivity (Wildman–Crippen MR) is 245 cm³/mol. The topological polar surface area (TPSA) is 52.6 Å². The fourth-order valence-electron chi connectivity index (χ4n) is 8.66. The molecule has 8 aromatic carbocycles. The summed E-state index contributed by atoms with van der Waals surface area (Å²) >= 11 is 0. The van der Waals surface area contributed by atoms with E-state index in [9.17, 15) is 0 Å². The Morgan fingerprint density at radius 2 is 0.966 bits per heavy atom. The number of anilines is 3. The highest BCUT2D eigenvalue weighted by Gasteiger charge is 2.34. The van der Waals surface area contributed by atoms with Crippen LogP contribution in [0.2, 0.25) is 0 Å². The molecular formula is C54H39N5. The number of hydrogen-bond acceptors (Lipinski definition) is 5. The Kier molecular flexibility index (Phi) is 8.55. The van der Waals surface area contributed by atoms with Crippen molar-refractivity contribution >= 4 is 50.0 Å². The molecule has 5 nitrogen and oxygen atoms in total. The molecule has 0 spiro atoms. The highest BCUT2D eigenvalue weighted by Crippen LogP contribution is 2.53. The molecule has 0 aliphatic carbocycles. The maximum absolute atomic E-state index is 5.19. The Morgan fingerprint density at radius 3 is 1.66 bits per heavy atom. The van der Waals surface area contributed by atoms with Gasteiger partial charge in [0.2, 0.25) is 0 Å². The number of rotatable bonds is 7. The largest absolute Gasteiger partial charge is 0.360 e. The van der Waals surface area contributed by atoms with E-state index < -0.39 is 0 Å². The Balaban J connectivity index is 0.903. The normalized spacial score (nSPS) is 15.9. The van der Waals surface area contributed by atoms with Gasteiger partial charge in [-0.2, -0.15) is 0 Å². The molecule has 3 heterocycles. The van der Waals surface area contributed by atoms with E-state index in [1.807, 2.05) is 18.5 Å². The molecule has 0 fully saturated rings. The molecule has 0 saturated heterocycles. The van der Waals surface area contributed by atoms with Gasteiger partial charge in [0.25, 0.3) is 0 Å². The summed E-state index contributed by atoms with van der Waals surface area (Å²) in [5.74, 6) is 0. The third kappa shape index (κ3) is 6.30. The van der Waals surface area contributed by atoms with Gasteiger partial charge in [-0.15, -0.1) is 0 Å². The average molecular weight is 758 g/mol. The van der Waals surface area contributed by atoms with Gasteiger partial charge in [0.05, 0.1) is 17.1 Å². The van der Waals surface area contributed by atoms with Crippen molar-refractivity contribution in [3.05, 3.63) is 235 Å². The summed E-state index contributed by atoms with van der Waals surface area (Å²) in [6, 6.07) is 69.0. The molecule has 2 aliphatic rings. The molecule has 1 aromatic heterocycles. The van der Waals surface area contributed by atoms with Crippen molar-refractivity contribution in [2.24, 2.45) is 4.99 Å². The minimum atomic E-state index is -0.203. The zero-order valence-electron chi connectivity index (χ0n) is 32.2. The van der Waals surface area contributed by atoms with Gasteiger partial charge >= 0.3 is 0 Å². The Hall–Kier alpha value is -7.76. The number of aliphatic imine (C=N–C) groups is 1. The van der Waals surface area contributed by atoms with Gasteiger partial charge in [0.1, 0.15) is 12.3 Å². The number of allylic oxidation sites excluding steroid dienone is 1. The van der Waals surface area contributed by atoms with Crippen LogP contribution in [0.3, 0.4) is 0 Å². The lowest BCUT2D eigenvalue weighted by Crippen LogP contribution is -2.24. The smallest absolute Gasteiger partial charge is 0.145 e. The van der Waals surface area contributed by atoms with Crippen LogP contribution < -0.4 is 15.5 Å². The lowest BCUT2D eigenvalue weighted by Gasteiger charge is -2.28. The second-order valence-corrected chi connectivity index (χ2v) is 15.1. The van der Waals surface area contributed by atoms with Crippen LogP contribution in [0, 0.1) is 0 Å². The molecule has 0 bridgehead atoms. The molecular weight excluding hydrogens is 719 g/mol. The van der Waals surface area contributed by atoms with Crippen molar-refractivity contribution in [3.63, 3.8) is 0 Å². The van der Waals surface area contributed by atoms with Crippen molar-refractivity contribution < 1.29 is 0 Å². The third-order valence-corrected chi connectivity index (χ3v) is 11.6. The molecule has 2 aliphatic heterocycles. The highest BCUT2D eigenvalue weighted by atomic mass is 15.3. The lowest BCUT2D eigenvalue weighted by atomic mass is 9.97. The van der Waals surface area contributed by atoms with E-state index in [1.165, 1.54) is 38.5 Å². The van der Waals surface area contributed by atoms with E-state index in [-0.39, 0.29) is 12.3 Å². The quantitative estimate of drug-likeness (QED) is 0.159. The first-order valence-corrected chi connectivity index (χ1v) is 20.1. The van der Waals surface area contributed by atoms with E-state index >= 15 is 0 Å². The van der Waals surface area contributed by atoms with E-state index in [1.54, 1.807) is 0 Å². The first-order chi connectivity index (χ1) is 29.2. The molecule has 0 radical (unpaired) electrons. The molecule has 0 amide bonds. The Labute approximate surface area is 343 Å². The molecule has 9 aromatic rings. The fourth-order valence-corrected chi connectivity index (χ4v) is 8.66. The monoisotopic (exact) mass is 757 g/mol. The van der Waals surface area contributed by atoms with Crippen molar-refractivity contribution in [3.8, 4) is 22.3 Å². The van der Waals surface area contributed by atoms with Crippen LogP contribution in [-0.2, 0) is 0 Å². The third-order valence-electron chi connectivity index (χ3n) is 11.6. The van der Waals surface area contributed by atoms with Crippen LogP contribution >= 0.6 is 0 Å². The molecule has 2 N–H and O–H groups in total. The maximum Gasteiger partial charge on any atom is 0.145 e. The molecule has 2 unspecified atom stereocenters. The van der Waals surface area contributed by atoms with Gasteiger partial charge in [-0.25, -0.2) is 0 Å². The Morgan fingerprint density at radius 1 is 0.424 bits per heavy atom. The Bertz CT molecular complexity index is 3010. The number of nitrogens with one attached hydrogen (secondary N) is 2. The minimum absolute atomic E-state index is 0.106. The average Bonchev–Trinajstić information content (AvgIpc) is 3.74. The van der Waals surface area contributed by atoms with Gasteiger partial charge in [-0.05, 0) is 79.6 Å². The molecule has 11 rings (SSSR count). The van der Waals surface area contributed by atoms with Crippen LogP contribution in [0.25, 0.3) is 49.5 Å². The molecule has 5 heteroatoms. The molecule has 280 valence electrons. The first kappa shape index (κ1) is 34.5. The van der Waals surface area contributed by atoms with Crippen LogP contribution in [0.5, 0.6) is 0 Å². The zero-order chi connectivity index (χ0) is 39.1. The number of benzene rings is 8. The van der Waals surface area contributed by atoms with Crippen molar-refractivity contribution in [1.82, 2.24) is 10.3 Å². The summed E-state index contributed by atoms with van der Waals surface area (Å²) in [6.45, 7) is 0. The summed E-state index contributed by atoms with van der Waals surface area (Å²) in [7, 11) is 0. The summed E-state index contributed by atoms with van der Waals surface area (Å²) in [6.07, 6.45) is 5.74. The highest BCUT2D eigenvalue weighted by molar-refractivity contribution is 6.22. The second kappa shape index (κ2) is 14.6. The SMILES string of the molecule is C1=C(c2ccc(-c3ccc(C4Nc5c(c6ccccc6c6ccncc56)N4c4ccccc4)cc3)cc2)NC(c2ccccc2)N=C1c1ccc(-c2ccccc2)cc1. The van der Waals surface area contributed by atoms with Crippen molar-refractivity contribution in [1.29, 1.82) is 0 Å². The predicted octanol–water partition coefficient (Wildman–Crippen LogP) is 13.1. The van der Waals surface area contributed by atoms with Gasteiger partial charge in [-0.3, -0.25) is 9.98 Å². The number of hydrogen-bond donors (Lipinski definition) is 2. The number of pyridine rings is 1. The lowest BCUT2D eigenvalue weighted by molar-refractivity contribution is 0.664. The van der Waals surface area contributed by atoms with Gasteiger partial charge in [-0.1, -0.05) is 176 Å². The zero-order valence-corrected chi connectivity index (χ0v) is 32.2. The summed E-state index contributed by atoms with van der Waals surface area (Å²) in [5, 5.41) is 12.4. The molecule has 59 heavy (non-hydrogen) atoms. The van der Waals surface area contributed by atoms with E-state index in [4.69, 9.17) is 4.99 Å². The first-order valence-electron chi connectivity index (χ1n) is 20.1. The van der Waals surface area contributed by atoms with Gasteiger partial charge in [0.15, 0.2) is 0 Å². The second-order valence-electron chi connectivity index (χ2n) is 15.1. The van der Waals surface area contributed by atoms with E-state index in [2.05, 4.69) is 215 Å². The van der Waals surface area contributed by atoms with Crippen LogP contribution in [0.15, 0.2) is 218 Å². The van der Waals surface area contributed by atoms with E-state index in [0.29, 0.717) is 0 Å². The van der Waals surface area contributed by atoms with Gasteiger partial charge in [0, 0.05) is 34.6 Å². The molecule has 2 atom stereocenters. The van der Waals surface area contributed by atoms with Gasteiger partial charge < -0.3 is 15.5 Å². The summed E-state index contributed by atoms with van der Waals surface area (Å²) in [5.41, 5.74) is 14.6. The summed E-state index contributed by atoms with van der Waals surface area (Å²) in [4.78, 5) is 12.2. The van der Waals surface area contributed by atoms with Crippen LogP contribution in [0.1, 0.15) is 34.6 Å². The number of para-hydroxylation sites is 1. The number of fused-ring (bicyclic) bond motifs is 6. The standard InChI is InChI=1S/C54H39N5/c1-4-12-36(13-5-1)37-20-26-40(27-21-37)49-34-50(57-53(56-49)42-14-6-2-7-15-42)41-28-22-38(23-29-41)39-24-30-43(31-25-39)54-58-51-48-35-55-33-32-46(48)45-18-10-11-19-47(45)52(51)59(54)44-16-8-3-9-17-44/h1-35,53-54,57-58H. The number of aromatic nitrogens is 1. The van der Waals surface area contributed by atoms with E-state index in [0.717, 1.165) is 56.0 Å². The van der Waals surface area contributed by atoms with Crippen LogP contribution in [0.4, 0.5) is 17.1 Å². The van der Waals surface area contributed by atoms with Crippen molar-refractivity contribution in [2.75, 3.05) is 10.2 Å². The van der Waals surface area contributed by atoms with Crippen molar-refractivity contribution in [2.45, 2.75) is 12.3 Å². The number of nitrogens with zero attached hydrogens (tertiary/aromatic N) is 3. The fraction of sp³-hybridized carbons (Fsp3) is 0.0370. The molecule has 0 saturated carbocycles. The maximum atomic E-state index is 5.19.